The highest BCUT2D eigenvalue weighted by Crippen LogP contribution is 2.21. The number of hydrogen-bond donors (Lipinski definition) is 2. The van der Waals surface area contributed by atoms with Gasteiger partial charge in [-0.3, -0.25) is 0 Å². The number of nitrogens with two attached hydrogens (primary N) is 1. The number of pyridine rings is 1. The molecule has 1 fully saturated rings. The molecule has 19 heavy (non-hydrogen) atoms. The number of nitrogens with zero attached hydrogens (tertiary/aromatic N) is 2. The molecule has 2 rings (SSSR count). The number of anilines is 2. The van der Waals surface area contributed by atoms with Crippen LogP contribution in [0, 0.1) is 0 Å². The molecule has 106 valence electrons. The summed E-state index contributed by atoms with van der Waals surface area (Å²) in [5.41, 5.74) is 6.40. The zero-order chi connectivity index (χ0) is 13.7. The Morgan fingerprint density at radius 1 is 1.42 bits per heavy atom. The molecule has 3 N–H and O–H groups in total. The Hall–Kier alpha value is -1.49. The lowest BCUT2D eigenvalue weighted by molar-refractivity contribution is 0.325. The standard InChI is InChI=1S/C14H24N4O/c1-3-19-14-12(15)6-7-13(17-14)16-11(2)10-18-8-4-5-9-18/h6-7,11H,3-5,8-10,15H2,1-2H3,(H,16,17). The van der Waals surface area contributed by atoms with Gasteiger partial charge < -0.3 is 20.7 Å². The average Bonchev–Trinajstić information content (AvgIpc) is 2.86. The van der Waals surface area contributed by atoms with Crippen molar-refractivity contribution in [1.82, 2.24) is 9.88 Å². The first-order valence-corrected chi connectivity index (χ1v) is 7.07. The third-order valence-electron chi connectivity index (χ3n) is 3.30. The fourth-order valence-electron chi connectivity index (χ4n) is 2.43. The van der Waals surface area contributed by atoms with Gasteiger partial charge in [0.25, 0.3) is 0 Å². The lowest BCUT2D eigenvalue weighted by Crippen LogP contribution is -2.33. The van der Waals surface area contributed by atoms with Gasteiger partial charge in [0.15, 0.2) is 0 Å². The van der Waals surface area contributed by atoms with Crippen molar-refractivity contribution in [2.75, 3.05) is 37.3 Å². The van der Waals surface area contributed by atoms with E-state index in [1.165, 1.54) is 25.9 Å². The maximum atomic E-state index is 5.81. The van der Waals surface area contributed by atoms with Crippen LogP contribution in [-0.4, -0.2) is 42.2 Å². The Morgan fingerprint density at radius 2 is 2.16 bits per heavy atom. The lowest BCUT2D eigenvalue weighted by atomic mass is 10.3. The Balaban J connectivity index is 1.92. The van der Waals surface area contributed by atoms with Gasteiger partial charge in [-0.05, 0) is 51.9 Å². The normalized spacial score (nSPS) is 17.4. The molecular formula is C14H24N4O. The first-order valence-electron chi connectivity index (χ1n) is 7.07. The molecular weight excluding hydrogens is 240 g/mol. The molecule has 1 saturated heterocycles. The summed E-state index contributed by atoms with van der Waals surface area (Å²) in [7, 11) is 0. The van der Waals surface area contributed by atoms with Gasteiger partial charge in [-0.15, -0.1) is 0 Å². The summed E-state index contributed by atoms with van der Waals surface area (Å²) in [5, 5.41) is 3.41. The first-order chi connectivity index (χ1) is 9.19. The third-order valence-corrected chi connectivity index (χ3v) is 3.30. The average molecular weight is 264 g/mol. The molecule has 0 bridgehead atoms. The van der Waals surface area contributed by atoms with E-state index >= 15 is 0 Å². The van der Waals surface area contributed by atoms with Crippen LogP contribution >= 0.6 is 0 Å². The Bertz CT molecular complexity index is 404. The van der Waals surface area contributed by atoms with Crippen molar-refractivity contribution in [3.8, 4) is 5.88 Å². The minimum atomic E-state index is 0.365. The van der Waals surface area contributed by atoms with Crippen LogP contribution in [0.3, 0.4) is 0 Å². The van der Waals surface area contributed by atoms with Crippen molar-refractivity contribution >= 4 is 11.5 Å². The summed E-state index contributed by atoms with van der Waals surface area (Å²) in [5.74, 6) is 1.34. The first kappa shape index (κ1) is 13.9. The molecule has 1 aromatic rings. The van der Waals surface area contributed by atoms with E-state index in [9.17, 15) is 0 Å². The molecule has 0 aliphatic carbocycles. The number of aromatic nitrogens is 1. The molecule has 5 nitrogen and oxygen atoms in total. The maximum Gasteiger partial charge on any atom is 0.239 e. The summed E-state index contributed by atoms with van der Waals surface area (Å²) < 4.78 is 5.41. The van der Waals surface area contributed by atoms with Gasteiger partial charge >= 0.3 is 0 Å². The topological polar surface area (TPSA) is 63.4 Å². The van der Waals surface area contributed by atoms with Crippen LogP contribution in [0.2, 0.25) is 0 Å². The zero-order valence-corrected chi connectivity index (χ0v) is 11.9. The van der Waals surface area contributed by atoms with Gasteiger partial charge in [0.05, 0.1) is 12.3 Å². The summed E-state index contributed by atoms with van der Waals surface area (Å²) in [4.78, 5) is 6.88. The molecule has 1 unspecified atom stereocenters. The van der Waals surface area contributed by atoms with Crippen LogP contribution in [-0.2, 0) is 0 Å². The molecule has 0 saturated carbocycles. The van der Waals surface area contributed by atoms with E-state index in [0.717, 1.165) is 12.4 Å². The summed E-state index contributed by atoms with van der Waals surface area (Å²) >= 11 is 0. The number of hydrogen-bond acceptors (Lipinski definition) is 5. The molecule has 5 heteroatoms. The van der Waals surface area contributed by atoms with Crippen LogP contribution in [0.15, 0.2) is 12.1 Å². The van der Waals surface area contributed by atoms with Crippen molar-refractivity contribution in [2.45, 2.75) is 32.7 Å². The zero-order valence-electron chi connectivity index (χ0n) is 11.9. The van der Waals surface area contributed by atoms with E-state index in [-0.39, 0.29) is 0 Å². The highest BCUT2D eigenvalue weighted by atomic mass is 16.5. The molecule has 1 aromatic heterocycles. The van der Waals surface area contributed by atoms with E-state index in [1.54, 1.807) is 0 Å². The number of nitrogen functional groups attached to an aromatic ring is 1. The monoisotopic (exact) mass is 264 g/mol. The fourth-order valence-corrected chi connectivity index (χ4v) is 2.43. The Morgan fingerprint density at radius 3 is 2.84 bits per heavy atom. The smallest absolute Gasteiger partial charge is 0.239 e. The lowest BCUT2D eigenvalue weighted by Gasteiger charge is -2.21. The second-order valence-corrected chi connectivity index (χ2v) is 5.08. The van der Waals surface area contributed by atoms with Gasteiger partial charge in [0, 0.05) is 12.6 Å². The second kappa shape index (κ2) is 6.61. The Labute approximate surface area is 115 Å². The van der Waals surface area contributed by atoms with Crippen LogP contribution in [0.5, 0.6) is 5.88 Å². The number of nitrogens with one attached hydrogen (secondary N) is 1. The van der Waals surface area contributed by atoms with E-state index < -0.39 is 0 Å². The number of rotatable bonds is 6. The quantitative estimate of drug-likeness (QED) is 0.822. The molecule has 0 spiro atoms. The number of likely N-dealkylation sites (tertiary alicyclic amines) is 1. The fraction of sp³-hybridized carbons (Fsp3) is 0.643. The van der Waals surface area contributed by atoms with Crippen molar-refractivity contribution in [2.24, 2.45) is 0 Å². The van der Waals surface area contributed by atoms with Crippen molar-refractivity contribution in [3.63, 3.8) is 0 Å². The highest BCUT2D eigenvalue weighted by molar-refractivity contribution is 5.53. The van der Waals surface area contributed by atoms with Gasteiger partial charge in [-0.2, -0.15) is 4.98 Å². The minimum Gasteiger partial charge on any atom is -0.476 e. The van der Waals surface area contributed by atoms with E-state index in [0.29, 0.717) is 24.2 Å². The molecule has 0 radical (unpaired) electrons. The molecule has 1 atom stereocenters. The molecule has 2 heterocycles. The molecule has 0 aromatic carbocycles. The van der Waals surface area contributed by atoms with Crippen molar-refractivity contribution in [1.29, 1.82) is 0 Å². The van der Waals surface area contributed by atoms with Crippen LogP contribution in [0.1, 0.15) is 26.7 Å². The van der Waals surface area contributed by atoms with E-state index in [1.807, 2.05) is 19.1 Å². The summed E-state index contributed by atoms with van der Waals surface area (Å²) in [6, 6.07) is 4.10. The van der Waals surface area contributed by atoms with Gasteiger partial charge in [-0.1, -0.05) is 0 Å². The number of ether oxygens (including phenoxy) is 1. The summed E-state index contributed by atoms with van der Waals surface area (Å²) in [6.07, 6.45) is 2.64. The van der Waals surface area contributed by atoms with Crippen molar-refractivity contribution in [3.05, 3.63) is 12.1 Å². The third kappa shape index (κ3) is 3.99. The highest BCUT2D eigenvalue weighted by Gasteiger charge is 2.15. The molecule has 1 aliphatic rings. The van der Waals surface area contributed by atoms with E-state index in [4.69, 9.17) is 10.5 Å². The van der Waals surface area contributed by atoms with Gasteiger partial charge in [-0.25, -0.2) is 0 Å². The van der Waals surface area contributed by atoms with Crippen LogP contribution in [0.4, 0.5) is 11.5 Å². The van der Waals surface area contributed by atoms with Gasteiger partial charge in [0.1, 0.15) is 5.82 Å². The second-order valence-electron chi connectivity index (χ2n) is 5.08. The van der Waals surface area contributed by atoms with E-state index in [2.05, 4.69) is 22.1 Å². The molecule has 1 aliphatic heterocycles. The Kier molecular flexibility index (Phi) is 4.85. The largest absolute Gasteiger partial charge is 0.476 e. The SMILES string of the molecule is CCOc1nc(NC(C)CN2CCCC2)ccc1N. The summed E-state index contributed by atoms with van der Waals surface area (Å²) in [6.45, 7) is 8.16. The van der Waals surface area contributed by atoms with Crippen LogP contribution < -0.4 is 15.8 Å². The van der Waals surface area contributed by atoms with Crippen LogP contribution in [0.25, 0.3) is 0 Å². The van der Waals surface area contributed by atoms with Gasteiger partial charge in [0.2, 0.25) is 5.88 Å². The minimum absolute atomic E-state index is 0.365. The molecule has 0 amide bonds. The predicted molar refractivity (Wildman–Crippen MR) is 78.6 cm³/mol. The predicted octanol–water partition coefficient (Wildman–Crippen LogP) is 1.96. The maximum absolute atomic E-state index is 5.81. The van der Waals surface area contributed by atoms with Crippen molar-refractivity contribution < 1.29 is 4.74 Å².